The van der Waals surface area contributed by atoms with Crippen molar-refractivity contribution in [1.82, 2.24) is 15.2 Å². The highest BCUT2D eigenvalue weighted by Crippen LogP contribution is 2.30. The number of carbonyl (C=O) groups is 2. The summed E-state index contributed by atoms with van der Waals surface area (Å²) in [6, 6.07) is 2.12. The molecule has 0 atom stereocenters. The molecular weight excluding hydrogens is 415 g/mol. The first kappa shape index (κ1) is 20.8. The molecule has 1 aromatic heterocycles. The Morgan fingerprint density at radius 3 is 2.57 bits per heavy atom. The monoisotopic (exact) mass is 433 g/mol. The minimum atomic E-state index is -4.43. The molecule has 1 N–H and O–H groups in total. The summed E-state index contributed by atoms with van der Waals surface area (Å²) >= 11 is 6.30. The van der Waals surface area contributed by atoms with E-state index in [1.807, 2.05) is 0 Å². The van der Waals surface area contributed by atoms with Crippen LogP contribution >= 0.6 is 24.0 Å². The summed E-state index contributed by atoms with van der Waals surface area (Å²) < 4.78 is 43.7. The van der Waals surface area contributed by atoms with Crippen LogP contribution in [0.1, 0.15) is 31.2 Å². The van der Waals surface area contributed by atoms with Crippen molar-refractivity contribution in [3.05, 3.63) is 23.9 Å². The van der Waals surface area contributed by atoms with Crippen molar-refractivity contribution in [3.8, 4) is 5.88 Å². The number of amides is 2. The summed E-state index contributed by atoms with van der Waals surface area (Å²) in [5.74, 6) is 0.00401. The van der Waals surface area contributed by atoms with Gasteiger partial charge in [-0.05, 0) is 31.7 Å². The smallest absolute Gasteiger partial charge is 0.417 e. The minimum absolute atomic E-state index is 0.0353. The molecule has 2 aliphatic rings. The number of carbonyl (C=O) groups excluding carboxylic acids is 2. The Balaban J connectivity index is 1.42. The van der Waals surface area contributed by atoms with E-state index in [2.05, 4.69) is 10.3 Å². The number of thiocarbonyl (C=S) groups is 1. The molecule has 2 heterocycles. The number of thioether (sulfide) groups is 1. The molecule has 1 saturated carbocycles. The summed E-state index contributed by atoms with van der Waals surface area (Å²) in [5, 5.41) is 2.90. The third-order valence-electron chi connectivity index (χ3n) is 4.53. The van der Waals surface area contributed by atoms with Crippen molar-refractivity contribution in [1.29, 1.82) is 0 Å². The minimum Gasteiger partial charge on any atom is -0.474 e. The van der Waals surface area contributed by atoms with Gasteiger partial charge >= 0.3 is 6.18 Å². The zero-order chi connectivity index (χ0) is 20.3. The molecule has 1 aromatic rings. The predicted octanol–water partition coefficient (Wildman–Crippen LogP) is 2.77. The van der Waals surface area contributed by atoms with E-state index in [1.54, 1.807) is 0 Å². The Hall–Kier alpha value is -1.88. The molecule has 2 fully saturated rings. The third kappa shape index (κ3) is 5.34. The molecule has 152 valence electrons. The van der Waals surface area contributed by atoms with E-state index in [0.717, 1.165) is 12.3 Å². The van der Waals surface area contributed by atoms with Crippen molar-refractivity contribution in [2.45, 2.75) is 44.0 Å². The molecule has 0 unspecified atom stereocenters. The number of nitrogens with zero attached hydrogens (tertiary/aromatic N) is 2. The zero-order valence-electron chi connectivity index (χ0n) is 14.7. The van der Waals surface area contributed by atoms with Crippen molar-refractivity contribution >= 4 is 40.1 Å². The number of nitrogens with one attached hydrogen (secondary N) is 1. The topological polar surface area (TPSA) is 71.5 Å². The van der Waals surface area contributed by atoms with Crippen LogP contribution in [-0.4, -0.2) is 50.5 Å². The molecule has 2 amide bonds. The van der Waals surface area contributed by atoms with Gasteiger partial charge in [0.1, 0.15) is 17.0 Å². The quantitative estimate of drug-likeness (QED) is 0.720. The van der Waals surface area contributed by atoms with Gasteiger partial charge in [-0.3, -0.25) is 14.5 Å². The molecule has 1 aliphatic heterocycles. The molecular formula is C17H18F3N3O3S2. The Kier molecular flexibility index (Phi) is 6.43. The van der Waals surface area contributed by atoms with Crippen LogP contribution in [0.15, 0.2) is 18.3 Å². The summed E-state index contributed by atoms with van der Waals surface area (Å²) in [4.78, 5) is 28.8. The summed E-state index contributed by atoms with van der Waals surface area (Å²) in [6.45, 7) is -0.0728. The maximum absolute atomic E-state index is 12.6. The second-order valence-electron chi connectivity index (χ2n) is 6.58. The van der Waals surface area contributed by atoms with E-state index in [4.69, 9.17) is 17.0 Å². The van der Waals surface area contributed by atoms with Gasteiger partial charge in [0.2, 0.25) is 17.7 Å². The van der Waals surface area contributed by atoms with Gasteiger partial charge in [0.15, 0.2) is 0 Å². The van der Waals surface area contributed by atoms with Crippen molar-refractivity contribution < 1.29 is 27.5 Å². The molecule has 11 heteroatoms. The molecule has 1 aliphatic carbocycles. The average Bonchev–Trinajstić information content (AvgIpc) is 2.95. The fourth-order valence-electron chi connectivity index (χ4n) is 3.06. The van der Waals surface area contributed by atoms with Crippen LogP contribution in [0.2, 0.25) is 0 Å². The normalized spacial score (nSPS) is 23.0. The lowest BCUT2D eigenvalue weighted by molar-refractivity contribution is -0.137. The second kappa shape index (κ2) is 8.64. The molecule has 3 rings (SSSR count). The van der Waals surface area contributed by atoms with Crippen LogP contribution in [-0.2, 0) is 15.8 Å². The molecule has 6 nitrogen and oxygen atoms in total. The van der Waals surface area contributed by atoms with Crippen LogP contribution in [0.5, 0.6) is 5.88 Å². The highest BCUT2D eigenvalue weighted by atomic mass is 32.2. The lowest BCUT2D eigenvalue weighted by Crippen LogP contribution is -2.45. The van der Waals surface area contributed by atoms with E-state index < -0.39 is 11.7 Å². The SMILES string of the molecule is O=C(CN1C(=O)CSC1=S)NC1CCC(Oc2ccc(C(F)(F)F)cn2)CC1. The van der Waals surface area contributed by atoms with Crippen LogP contribution in [0.25, 0.3) is 0 Å². The number of aromatic nitrogens is 1. The van der Waals surface area contributed by atoms with E-state index in [-0.39, 0.29) is 42.1 Å². The maximum Gasteiger partial charge on any atom is 0.417 e. The molecule has 0 aromatic carbocycles. The van der Waals surface area contributed by atoms with Gasteiger partial charge in [-0.25, -0.2) is 4.98 Å². The van der Waals surface area contributed by atoms with E-state index >= 15 is 0 Å². The number of hydrogen-bond donors (Lipinski definition) is 1. The fraction of sp³-hybridized carbons (Fsp3) is 0.529. The van der Waals surface area contributed by atoms with Gasteiger partial charge in [-0.2, -0.15) is 13.2 Å². The average molecular weight is 433 g/mol. The first-order valence-electron chi connectivity index (χ1n) is 8.69. The Morgan fingerprint density at radius 2 is 2.04 bits per heavy atom. The Bertz CT molecular complexity index is 734. The van der Waals surface area contributed by atoms with E-state index in [0.29, 0.717) is 30.0 Å². The number of alkyl halides is 3. The van der Waals surface area contributed by atoms with Crippen LogP contribution in [0, 0.1) is 0 Å². The van der Waals surface area contributed by atoms with Gasteiger partial charge in [0.25, 0.3) is 0 Å². The van der Waals surface area contributed by atoms with Crippen LogP contribution in [0.4, 0.5) is 13.2 Å². The maximum atomic E-state index is 12.6. The van der Waals surface area contributed by atoms with Crippen LogP contribution in [0.3, 0.4) is 0 Å². The Morgan fingerprint density at radius 1 is 1.32 bits per heavy atom. The van der Waals surface area contributed by atoms with E-state index in [1.165, 1.54) is 22.7 Å². The first-order chi connectivity index (χ1) is 13.2. The highest BCUT2D eigenvalue weighted by molar-refractivity contribution is 8.23. The van der Waals surface area contributed by atoms with Gasteiger partial charge in [0, 0.05) is 18.3 Å². The Labute approximate surface area is 169 Å². The van der Waals surface area contributed by atoms with Crippen LogP contribution < -0.4 is 10.1 Å². The molecule has 1 saturated heterocycles. The predicted molar refractivity (Wildman–Crippen MR) is 101 cm³/mol. The first-order valence-corrected chi connectivity index (χ1v) is 10.1. The number of rotatable bonds is 5. The van der Waals surface area contributed by atoms with Crippen molar-refractivity contribution in [2.75, 3.05) is 12.3 Å². The number of pyridine rings is 1. The molecule has 28 heavy (non-hydrogen) atoms. The summed E-state index contributed by atoms with van der Waals surface area (Å²) in [6.07, 6.45) is -1.21. The van der Waals surface area contributed by atoms with Crippen molar-refractivity contribution in [3.63, 3.8) is 0 Å². The third-order valence-corrected chi connectivity index (χ3v) is 5.97. The summed E-state index contributed by atoms with van der Waals surface area (Å²) in [5.41, 5.74) is -0.819. The van der Waals surface area contributed by atoms with E-state index in [9.17, 15) is 22.8 Å². The summed E-state index contributed by atoms with van der Waals surface area (Å²) in [7, 11) is 0. The number of ether oxygens (including phenoxy) is 1. The second-order valence-corrected chi connectivity index (χ2v) is 8.19. The van der Waals surface area contributed by atoms with Crippen molar-refractivity contribution in [2.24, 2.45) is 0 Å². The number of halogens is 3. The lowest BCUT2D eigenvalue weighted by Gasteiger charge is -2.29. The highest BCUT2D eigenvalue weighted by Gasteiger charge is 2.32. The van der Waals surface area contributed by atoms with Gasteiger partial charge in [0.05, 0.1) is 11.3 Å². The zero-order valence-corrected chi connectivity index (χ0v) is 16.3. The molecule has 0 bridgehead atoms. The fourth-order valence-corrected chi connectivity index (χ4v) is 4.13. The van der Waals surface area contributed by atoms with Gasteiger partial charge < -0.3 is 10.1 Å². The molecule has 0 spiro atoms. The van der Waals surface area contributed by atoms with Gasteiger partial charge in [-0.1, -0.05) is 24.0 Å². The number of hydrogen-bond acceptors (Lipinski definition) is 6. The largest absolute Gasteiger partial charge is 0.474 e. The standard InChI is InChI=1S/C17H18F3N3O3S2/c18-17(19,20)10-1-6-14(21-7-10)26-12-4-2-11(3-5-12)22-13(24)8-23-15(25)9-28-16(23)27/h1,6-7,11-12H,2-5,8-9H2,(H,22,24). The van der Waals surface area contributed by atoms with Gasteiger partial charge in [-0.15, -0.1) is 0 Å². The molecule has 0 radical (unpaired) electrons. The lowest BCUT2D eigenvalue weighted by atomic mass is 9.93.